The first-order valence-electron chi connectivity index (χ1n) is 6.50. The number of hydrogen-bond acceptors (Lipinski definition) is 6. The first-order valence-corrected chi connectivity index (χ1v) is 7.86. The van der Waals surface area contributed by atoms with E-state index in [2.05, 4.69) is 15.1 Å². The van der Waals surface area contributed by atoms with Crippen LogP contribution in [0.15, 0.2) is 40.1 Å². The highest BCUT2D eigenvalue weighted by Crippen LogP contribution is 2.24. The maximum Gasteiger partial charge on any atom is 0.258 e. The average Bonchev–Trinajstić information content (AvgIpc) is 3.12. The van der Waals surface area contributed by atoms with Crippen LogP contribution in [0.5, 0.6) is 0 Å². The summed E-state index contributed by atoms with van der Waals surface area (Å²) in [4.78, 5) is 8.59. The molecule has 1 aromatic carbocycles. The standard InChI is InChI=1S/C14H13ClN4O2S/c1-19-11(7-20)6-16-14(19)22-8-12-17-13(21-18-12)9-3-2-4-10(15)5-9/h2-6,20H,7-8H2,1H3. The molecular formula is C14H13ClN4O2S. The van der Waals surface area contributed by atoms with Gasteiger partial charge >= 0.3 is 0 Å². The van der Waals surface area contributed by atoms with Crippen molar-refractivity contribution in [2.45, 2.75) is 17.5 Å². The second-order valence-corrected chi connectivity index (χ2v) is 5.94. The fraction of sp³-hybridized carbons (Fsp3) is 0.214. The molecule has 0 unspecified atom stereocenters. The lowest BCUT2D eigenvalue weighted by molar-refractivity contribution is 0.271. The summed E-state index contributed by atoms with van der Waals surface area (Å²) in [5.74, 6) is 1.54. The van der Waals surface area contributed by atoms with Gasteiger partial charge in [0.25, 0.3) is 5.89 Å². The summed E-state index contributed by atoms with van der Waals surface area (Å²) in [6.07, 6.45) is 1.65. The summed E-state index contributed by atoms with van der Waals surface area (Å²) in [6, 6.07) is 7.26. The predicted molar refractivity (Wildman–Crippen MR) is 83.4 cm³/mol. The molecule has 114 valence electrons. The minimum absolute atomic E-state index is 0.0365. The van der Waals surface area contributed by atoms with Gasteiger partial charge in [-0.25, -0.2) is 4.98 Å². The molecule has 0 saturated carbocycles. The van der Waals surface area contributed by atoms with Crippen molar-refractivity contribution in [3.63, 3.8) is 0 Å². The lowest BCUT2D eigenvalue weighted by Crippen LogP contribution is -1.97. The predicted octanol–water partition coefficient (Wildman–Crippen LogP) is 2.91. The van der Waals surface area contributed by atoms with Crippen LogP contribution in [-0.4, -0.2) is 24.8 Å². The van der Waals surface area contributed by atoms with Crippen molar-refractivity contribution in [3.05, 3.63) is 47.0 Å². The van der Waals surface area contributed by atoms with E-state index in [1.165, 1.54) is 11.8 Å². The highest BCUT2D eigenvalue weighted by Gasteiger charge is 2.12. The second kappa shape index (κ2) is 6.51. The third-order valence-electron chi connectivity index (χ3n) is 3.07. The molecule has 2 heterocycles. The lowest BCUT2D eigenvalue weighted by Gasteiger charge is -2.01. The number of aliphatic hydroxyl groups is 1. The monoisotopic (exact) mass is 336 g/mol. The van der Waals surface area contributed by atoms with E-state index >= 15 is 0 Å². The SMILES string of the molecule is Cn1c(CO)cnc1SCc1noc(-c2cccc(Cl)c2)n1. The summed E-state index contributed by atoms with van der Waals surface area (Å²) in [5, 5.41) is 14.5. The fourth-order valence-corrected chi connectivity index (χ4v) is 2.89. The van der Waals surface area contributed by atoms with Gasteiger partial charge in [0, 0.05) is 17.6 Å². The van der Waals surface area contributed by atoms with Crippen LogP contribution in [0.4, 0.5) is 0 Å². The maximum absolute atomic E-state index is 9.15. The van der Waals surface area contributed by atoms with Crippen molar-refractivity contribution in [2.75, 3.05) is 0 Å². The highest BCUT2D eigenvalue weighted by molar-refractivity contribution is 7.98. The number of aliphatic hydroxyl groups excluding tert-OH is 1. The van der Waals surface area contributed by atoms with Crippen molar-refractivity contribution >= 4 is 23.4 Å². The molecule has 0 aliphatic carbocycles. The van der Waals surface area contributed by atoms with Crippen molar-refractivity contribution < 1.29 is 9.63 Å². The quantitative estimate of drug-likeness (QED) is 0.722. The van der Waals surface area contributed by atoms with Gasteiger partial charge in [0.15, 0.2) is 11.0 Å². The Morgan fingerprint density at radius 2 is 2.27 bits per heavy atom. The van der Waals surface area contributed by atoms with Gasteiger partial charge in [-0.1, -0.05) is 34.6 Å². The van der Waals surface area contributed by atoms with Crippen LogP contribution < -0.4 is 0 Å². The van der Waals surface area contributed by atoms with Gasteiger partial charge in [-0.15, -0.1) is 0 Å². The Bertz CT molecular complexity index is 787. The van der Waals surface area contributed by atoms with Crippen molar-refractivity contribution in [2.24, 2.45) is 7.05 Å². The summed E-state index contributed by atoms with van der Waals surface area (Å²) in [7, 11) is 1.86. The normalized spacial score (nSPS) is 11.0. The Labute approximate surface area is 136 Å². The molecule has 3 aromatic rings. The van der Waals surface area contributed by atoms with Crippen LogP contribution in [0, 0.1) is 0 Å². The van der Waals surface area contributed by atoms with Gasteiger partial charge in [-0.3, -0.25) is 0 Å². The molecule has 0 fully saturated rings. The van der Waals surface area contributed by atoms with Crippen LogP contribution in [-0.2, 0) is 19.4 Å². The lowest BCUT2D eigenvalue weighted by atomic mass is 10.2. The molecule has 1 N–H and O–H groups in total. The van der Waals surface area contributed by atoms with Crippen molar-refractivity contribution in [3.8, 4) is 11.5 Å². The summed E-state index contributed by atoms with van der Waals surface area (Å²) in [5.41, 5.74) is 1.55. The minimum Gasteiger partial charge on any atom is -0.390 e. The summed E-state index contributed by atoms with van der Waals surface area (Å²) >= 11 is 7.43. The largest absolute Gasteiger partial charge is 0.390 e. The van der Waals surface area contributed by atoms with Crippen LogP contribution in [0.2, 0.25) is 5.02 Å². The zero-order valence-electron chi connectivity index (χ0n) is 11.7. The topological polar surface area (TPSA) is 77.0 Å². The van der Waals surface area contributed by atoms with Crippen molar-refractivity contribution in [1.29, 1.82) is 0 Å². The first-order chi connectivity index (χ1) is 10.7. The van der Waals surface area contributed by atoms with E-state index in [9.17, 15) is 0 Å². The number of benzene rings is 1. The molecule has 0 amide bonds. The van der Waals surface area contributed by atoms with Gasteiger partial charge in [0.2, 0.25) is 0 Å². The molecule has 8 heteroatoms. The van der Waals surface area contributed by atoms with E-state index in [0.717, 1.165) is 16.4 Å². The minimum atomic E-state index is -0.0365. The van der Waals surface area contributed by atoms with E-state index < -0.39 is 0 Å². The summed E-state index contributed by atoms with van der Waals surface area (Å²) < 4.78 is 7.09. The molecule has 0 bridgehead atoms. The molecule has 2 aromatic heterocycles. The highest BCUT2D eigenvalue weighted by atomic mass is 35.5. The number of imidazole rings is 1. The Hall–Kier alpha value is -1.83. The number of rotatable bonds is 5. The smallest absolute Gasteiger partial charge is 0.258 e. The van der Waals surface area contributed by atoms with Crippen LogP contribution in [0.1, 0.15) is 11.5 Å². The Morgan fingerprint density at radius 3 is 3.00 bits per heavy atom. The molecule has 0 atom stereocenters. The maximum atomic E-state index is 9.15. The van der Waals surface area contributed by atoms with E-state index in [1.807, 2.05) is 23.7 Å². The third-order valence-corrected chi connectivity index (χ3v) is 4.35. The zero-order chi connectivity index (χ0) is 15.5. The number of hydrogen-bond donors (Lipinski definition) is 1. The van der Waals surface area contributed by atoms with Gasteiger partial charge in [0.05, 0.1) is 24.3 Å². The Morgan fingerprint density at radius 1 is 1.41 bits per heavy atom. The molecule has 0 aliphatic heterocycles. The molecule has 22 heavy (non-hydrogen) atoms. The number of aromatic nitrogens is 4. The van der Waals surface area contributed by atoms with E-state index in [0.29, 0.717) is 22.5 Å². The first kappa shape index (κ1) is 15.1. The van der Waals surface area contributed by atoms with Gasteiger partial charge < -0.3 is 14.2 Å². The van der Waals surface area contributed by atoms with Gasteiger partial charge in [0.1, 0.15) is 0 Å². The van der Waals surface area contributed by atoms with E-state index in [-0.39, 0.29) is 6.61 Å². The van der Waals surface area contributed by atoms with E-state index in [1.54, 1.807) is 18.3 Å². The molecule has 0 aliphatic rings. The fourth-order valence-electron chi connectivity index (χ4n) is 1.89. The van der Waals surface area contributed by atoms with Crippen LogP contribution in [0.3, 0.4) is 0 Å². The summed E-state index contributed by atoms with van der Waals surface area (Å²) in [6.45, 7) is -0.0365. The molecule has 6 nitrogen and oxygen atoms in total. The molecule has 3 rings (SSSR count). The third kappa shape index (κ3) is 3.16. The number of thioether (sulfide) groups is 1. The zero-order valence-corrected chi connectivity index (χ0v) is 13.3. The van der Waals surface area contributed by atoms with Gasteiger partial charge in [-0.2, -0.15) is 4.98 Å². The molecule has 0 saturated heterocycles. The van der Waals surface area contributed by atoms with E-state index in [4.69, 9.17) is 21.2 Å². The molecule has 0 spiro atoms. The average molecular weight is 337 g/mol. The van der Waals surface area contributed by atoms with Crippen LogP contribution in [0.25, 0.3) is 11.5 Å². The van der Waals surface area contributed by atoms with Crippen molar-refractivity contribution in [1.82, 2.24) is 19.7 Å². The Balaban J connectivity index is 1.70. The number of nitrogens with zero attached hydrogens (tertiary/aromatic N) is 4. The Kier molecular flexibility index (Phi) is 4.47. The molecule has 0 radical (unpaired) electrons. The molecular weight excluding hydrogens is 324 g/mol. The number of halogens is 1. The van der Waals surface area contributed by atoms with Gasteiger partial charge in [-0.05, 0) is 18.2 Å². The van der Waals surface area contributed by atoms with Crippen LogP contribution >= 0.6 is 23.4 Å². The second-order valence-electron chi connectivity index (χ2n) is 4.56.